The Balaban J connectivity index is 2.86. The molecule has 0 spiro atoms. The maximum absolute atomic E-state index is 12.8. The molecule has 84 valence electrons. The van der Waals surface area contributed by atoms with Crippen molar-refractivity contribution in [3.63, 3.8) is 0 Å². The number of nitroso groups, excluding NO2 is 1. The standard InChI is InChI=1S/C9H9FN4OS/c10-6(5-11)9(12)14-16-8-4-2-1-3-7(8)13-15/h1-5H,11H2,(H2,12,14)/b6-5+. The highest BCUT2D eigenvalue weighted by atomic mass is 32.2. The summed E-state index contributed by atoms with van der Waals surface area (Å²) in [6.45, 7) is 0. The van der Waals surface area contributed by atoms with Crippen LogP contribution in [0, 0.1) is 4.91 Å². The molecule has 0 atom stereocenters. The van der Waals surface area contributed by atoms with Crippen molar-refractivity contribution in [3.05, 3.63) is 41.2 Å². The topological polar surface area (TPSA) is 93.8 Å². The fourth-order valence-corrected chi connectivity index (χ4v) is 1.46. The summed E-state index contributed by atoms with van der Waals surface area (Å²) in [5.74, 6) is -1.16. The van der Waals surface area contributed by atoms with E-state index in [0.29, 0.717) is 11.1 Å². The van der Waals surface area contributed by atoms with Crippen LogP contribution < -0.4 is 11.5 Å². The van der Waals surface area contributed by atoms with Crippen molar-refractivity contribution in [1.29, 1.82) is 0 Å². The van der Waals surface area contributed by atoms with E-state index in [9.17, 15) is 9.30 Å². The lowest BCUT2D eigenvalue weighted by Crippen LogP contribution is -2.12. The van der Waals surface area contributed by atoms with Gasteiger partial charge in [0.15, 0.2) is 11.7 Å². The average molecular weight is 240 g/mol. The van der Waals surface area contributed by atoms with Gasteiger partial charge in [-0.15, -0.1) is 4.91 Å². The molecule has 0 aromatic heterocycles. The fraction of sp³-hybridized carbons (Fsp3) is 0. The molecule has 1 aromatic carbocycles. The number of benzene rings is 1. The van der Waals surface area contributed by atoms with E-state index in [1.54, 1.807) is 18.2 Å². The molecule has 0 aliphatic carbocycles. The number of rotatable bonds is 4. The van der Waals surface area contributed by atoms with E-state index in [2.05, 4.69) is 9.57 Å². The average Bonchev–Trinajstić information content (AvgIpc) is 2.35. The predicted molar refractivity (Wildman–Crippen MR) is 62.8 cm³/mol. The highest BCUT2D eigenvalue weighted by Gasteiger charge is 2.04. The van der Waals surface area contributed by atoms with E-state index in [1.165, 1.54) is 6.07 Å². The summed E-state index contributed by atoms with van der Waals surface area (Å²) >= 11 is 0.856. The Labute approximate surface area is 95.5 Å². The number of halogens is 1. The molecule has 0 aliphatic heterocycles. The molecule has 0 heterocycles. The second-order valence-corrected chi connectivity index (χ2v) is 3.45. The first kappa shape index (κ1) is 12.2. The van der Waals surface area contributed by atoms with Gasteiger partial charge in [-0.3, -0.25) is 0 Å². The molecule has 1 rings (SSSR count). The highest BCUT2D eigenvalue weighted by molar-refractivity contribution is 7.98. The van der Waals surface area contributed by atoms with Crippen LogP contribution in [0.3, 0.4) is 0 Å². The van der Waals surface area contributed by atoms with Gasteiger partial charge in [-0.1, -0.05) is 12.1 Å². The van der Waals surface area contributed by atoms with Crippen LogP contribution in [0.25, 0.3) is 0 Å². The van der Waals surface area contributed by atoms with Gasteiger partial charge >= 0.3 is 0 Å². The van der Waals surface area contributed by atoms with Gasteiger partial charge in [0.05, 0.1) is 4.90 Å². The Kier molecular flexibility index (Phi) is 4.46. The molecule has 16 heavy (non-hydrogen) atoms. The maximum Gasteiger partial charge on any atom is 0.181 e. The number of hydrogen-bond donors (Lipinski definition) is 2. The van der Waals surface area contributed by atoms with Crippen molar-refractivity contribution in [2.75, 3.05) is 0 Å². The highest BCUT2D eigenvalue weighted by Crippen LogP contribution is 2.29. The molecular weight excluding hydrogens is 231 g/mol. The van der Waals surface area contributed by atoms with Crippen LogP contribution in [-0.4, -0.2) is 5.84 Å². The monoisotopic (exact) mass is 240 g/mol. The lowest BCUT2D eigenvalue weighted by Gasteiger charge is -1.99. The first-order chi connectivity index (χ1) is 7.69. The molecule has 1 aromatic rings. The molecule has 0 saturated heterocycles. The largest absolute Gasteiger partial charge is 0.402 e. The second-order valence-electron chi connectivity index (χ2n) is 2.64. The van der Waals surface area contributed by atoms with Gasteiger partial charge in [0.1, 0.15) is 5.69 Å². The fourth-order valence-electron chi connectivity index (χ4n) is 0.837. The van der Waals surface area contributed by atoms with Crippen LogP contribution >= 0.6 is 11.9 Å². The van der Waals surface area contributed by atoms with E-state index in [1.807, 2.05) is 0 Å². The van der Waals surface area contributed by atoms with Crippen LogP contribution in [-0.2, 0) is 0 Å². The van der Waals surface area contributed by atoms with Gasteiger partial charge < -0.3 is 11.5 Å². The molecule has 4 N–H and O–H groups in total. The van der Waals surface area contributed by atoms with E-state index in [-0.39, 0.29) is 11.5 Å². The summed E-state index contributed by atoms with van der Waals surface area (Å²) in [5, 5.41) is 2.80. The van der Waals surface area contributed by atoms with Gasteiger partial charge in [0.25, 0.3) is 0 Å². The zero-order chi connectivity index (χ0) is 12.0. The van der Waals surface area contributed by atoms with Crippen molar-refractivity contribution in [1.82, 2.24) is 0 Å². The van der Waals surface area contributed by atoms with Gasteiger partial charge in [-0.25, -0.2) is 4.39 Å². The number of nitrogens with zero attached hydrogens (tertiary/aromatic N) is 2. The van der Waals surface area contributed by atoms with E-state index in [4.69, 9.17) is 11.5 Å². The van der Waals surface area contributed by atoms with Gasteiger partial charge in [0.2, 0.25) is 0 Å². The molecule has 0 fully saturated rings. The minimum Gasteiger partial charge on any atom is -0.402 e. The van der Waals surface area contributed by atoms with Crippen molar-refractivity contribution in [3.8, 4) is 0 Å². The van der Waals surface area contributed by atoms with Crippen molar-refractivity contribution < 1.29 is 4.39 Å². The predicted octanol–water partition coefficient (Wildman–Crippen LogP) is 2.22. The third-order valence-corrected chi connectivity index (χ3v) is 2.43. The minimum atomic E-state index is -0.816. The van der Waals surface area contributed by atoms with Crippen molar-refractivity contribution in [2.24, 2.45) is 21.0 Å². The molecule has 5 nitrogen and oxygen atoms in total. The van der Waals surface area contributed by atoms with Crippen LogP contribution in [0.15, 0.2) is 50.8 Å². The third-order valence-electron chi connectivity index (χ3n) is 1.60. The molecule has 0 saturated carbocycles. The van der Waals surface area contributed by atoms with Gasteiger partial charge in [0, 0.05) is 18.1 Å². The zero-order valence-electron chi connectivity index (χ0n) is 8.13. The Hall–Kier alpha value is -1.89. The quantitative estimate of drug-likeness (QED) is 0.365. The van der Waals surface area contributed by atoms with Crippen molar-refractivity contribution in [2.45, 2.75) is 4.90 Å². The number of hydrogen-bond acceptors (Lipinski definition) is 5. The maximum atomic E-state index is 12.8. The minimum absolute atomic E-state index is 0.223. The SMILES string of the molecule is N/C=C(/F)C(N)=NSc1ccccc1N=O. The van der Waals surface area contributed by atoms with E-state index < -0.39 is 5.83 Å². The summed E-state index contributed by atoms with van der Waals surface area (Å²) in [6, 6.07) is 6.52. The molecule has 0 amide bonds. The molecule has 0 unspecified atom stereocenters. The Morgan fingerprint density at radius 3 is 2.75 bits per heavy atom. The lowest BCUT2D eigenvalue weighted by molar-refractivity contribution is 0.676. The summed E-state index contributed by atoms with van der Waals surface area (Å²) in [6.07, 6.45) is 0.712. The number of nitrogens with two attached hydrogens (primary N) is 2. The van der Waals surface area contributed by atoms with Crippen molar-refractivity contribution >= 4 is 23.5 Å². The Bertz CT molecular complexity index is 447. The smallest absolute Gasteiger partial charge is 0.181 e. The summed E-state index contributed by atoms with van der Waals surface area (Å²) in [7, 11) is 0. The molecular formula is C9H9FN4OS. The first-order valence-corrected chi connectivity index (χ1v) is 4.97. The molecule has 7 heteroatoms. The van der Waals surface area contributed by atoms with E-state index in [0.717, 1.165) is 11.9 Å². The van der Waals surface area contributed by atoms with Crippen LogP contribution in [0.4, 0.5) is 10.1 Å². The zero-order valence-corrected chi connectivity index (χ0v) is 8.95. The molecule has 0 radical (unpaired) electrons. The van der Waals surface area contributed by atoms with Crippen LogP contribution in [0.1, 0.15) is 0 Å². The summed E-state index contributed by atoms with van der Waals surface area (Å²) in [4.78, 5) is 10.9. The Morgan fingerprint density at radius 1 is 1.44 bits per heavy atom. The molecule has 0 bridgehead atoms. The third kappa shape index (κ3) is 3.06. The number of amidine groups is 1. The Morgan fingerprint density at radius 2 is 2.12 bits per heavy atom. The van der Waals surface area contributed by atoms with Gasteiger partial charge in [-0.2, -0.15) is 4.40 Å². The molecule has 0 aliphatic rings. The lowest BCUT2D eigenvalue weighted by atomic mass is 10.3. The van der Waals surface area contributed by atoms with Crippen LogP contribution in [0.2, 0.25) is 0 Å². The summed E-state index contributed by atoms with van der Waals surface area (Å²) < 4.78 is 16.5. The second kappa shape index (κ2) is 5.86. The van der Waals surface area contributed by atoms with Crippen LogP contribution in [0.5, 0.6) is 0 Å². The summed E-state index contributed by atoms with van der Waals surface area (Å²) in [5.41, 5.74) is 10.4. The normalized spacial score (nSPS) is 12.6. The van der Waals surface area contributed by atoms with Gasteiger partial charge in [-0.05, 0) is 17.3 Å². The first-order valence-electron chi connectivity index (χ1n) is 4.19. The van der Waals surface area contributed by atoms with E-state index >= 15 is 0 Å².